The lowest BCUT2D eigenvalue weighted by molar-refractivity contribution is -0.137. The van der Waals surface area contributed by atoms with Gasteiger partial charge in [-0.15, -0.1) is 0 Å². The van der Waals surface area contributed by atoms with Crippen LogP contribution in [0.15, 0.2) is 30.3 Å². The van der Waals surface area contributed by atoms with Gasteiger partial charge in [-0.1, -0.05) is 43.2 Å². The molecule has 0 spiro atoms. The number of amides is 3. The Morgan fingerprint density at radius 1 is 1.15 bits per heavy atom. The summed E-state index contributed by atoms with van der Waals surface area (Å²) < 4.78 is 0. The summed E-state index contributed by atoms with van der Waals surface area (Å²) in [5.74, 6) is -1.11. The Hall–Kier alpha value is -2.57. The zero-order valence-corrected chi connectivity index (χ0v) is 15.8. The van der Waals surface area contributed by atoms with Gasteiger partial charge in [0.05, 0.1) is 0 Å². The number of hydrogen-bond acceptors (Lipinski definition) is 3. The minimum Gasteiger partial charge on any atom is -0.481 e. The summed E-state index contributed by atoms with van der Waals surface area (Å²) in [5.41, 5.74) is 0.113. The highest BCUT2D eigenvalue weighted by molar-refractivity contribution is 5.91. The molecule has 7 heteroatoms. The van der Waals surface area contributed by atoms with Crippen LogP contribution in [0.3, 0.4) is 0 Å². The van der Waals surface area contributed by atoms with Crippen molar-refractivity contribution in [1.82, 2.24) is 16.0 Å². The van der Waals surface area contributed by atoms with Crippen LogP contribution in [0.4, 0.5) is 4.79 Å². The third-order valence-electron chi connectivity index (χ3n) is 4.95. The first-order chi connectivity index (χ1) is 12.9. The molecule has 148 valence electrons. The van der Waals surface area contributed by atoms with Crippen molar-refractivity contribution in [1.29, 1.82) is 0 Å². The van der Waals surface area contributed by atoms with Crippen LogP contribution >= 0.6 is 0 Å². The standard InChI is InChI=1S/C20H29N3O4/c1-2-21-19(27)23-20(12-6-7-13-20)18(26)22-16(10-11-17(24)25)14-15-8-4-3-5-9-15/h3-5,8-9,16H,2,6-7,10-14H2,1H3,(H,22,26)(H,24,25)(H2,21,23,27). The smallest absolute Gasteiger partial charge is 0.315 e. The normalized spacial score (nSPS) is 16.3. The summed E-state index contributed by atoms with van der Waals surface area (Å²) in [6.45, 7) is 2.31. The average Bonchev–Trinajstić information content (AvgIpc) is 3.10. The van der Waals surface area contributed by atoms with Crippen molar-refractivity contribution in [3.63, 3.8) is 0 Å². The second kappa shape index (κ2) is 9.94. The lowest BCUT2D eigenvalue weighted by atomic mass is 9.94. The summed E-state index contributed by atoms with van der Waals surface area (Å²) in [5, 5.41) is 17.6. The van der Waals surface area contributed by atoms with E-state index < -0.39 is 11.5 Å². The molecule has 0 aromatic heterocycles. The third-order valence-corrected chi connectivity index (χ3v) is 4.95. The van der Waals surface area contributed by atoms with Gasteiger partial charge in [0.25, 0.3) is 0 Å². The van der Waals surface area contributed by atoms with E-state index in [2.05, 4.69) is 16.0 Å². The molecule has 3 amide bonds. The molecule has 1 fully saturated rings. The molecular formula is C20H29N3O4. The van der Waals surface area contributed by atoms with E-state index in [1.165, 1.54) is 0 Å². The topological polar surface area (TPSA) is 108 Å². The first kappa shape index (κ1) is 20.7. The van der Waals surface area contributed by atoms with Crippen molar-refractivity contribution in [3.05, 3.63) is 35.9 Å². The summed E-state index contributed by atoms with van der Waals surface area (Å²) in [6.07, 6.45) is 3.80. The second-order valence-corrected chi connectivity index (χ2v) is 7.07. The van der Waals surface area contributed by atoms with E-state index in [-0.39, 0.29) is 24.4 Å². The van der Waals surface area contributed by atoms with E-state index in [1.807, 2.05) is 37.3 Å². The predicted molar refractivity (Wildman–Crippen MR) is 102 cm³/mol. The van der Waals surface area contributed by atoms with Gasteiger partial charge in [0.1, 0.15) is 5.54 Å². The molecular weight excluding hydrogens is 346 g/mol. The van der Waals surface area contributed by atoms with Crippen LogP contribution in [0, 0.1) is 0 Å². The maximum atomic E-state index is 13.1. The fraction of sp³-hybridized carbons (Fsp3) is 0.550. The van der Waals surface area contributed by atoms with Gasteiger partial charge in [0.2, 0.25) is 5.91 Å². The zero-order chi connectivity index (χ0) is 19.7. The Balaban J connectivity index is 2.09. The fourth-order valence-electron chi connectivity index (χ4n) is 3.55. The van der Waals surface area contributed by atoms with Crippen molar-refractivity contribution in [2.24, 2.45) is 0 Å². The van der Waals surface area contributed by atoms with Crippen molar-refractivity contribution in [3.8, 4) is 0 Å². The Morgan fingerprint density at radius 3 is 2.41 bits per heavy atom. The molecule has 0 bridgehead atoms. The number of carbonyl (C=O) groups is 3. The van der Waals surface area contributed by atoms with E-state index in [9.17, 15) is 14.4 Å². The van der Waals surface area contributed by atoms with E-state index >= 15 is 0 Å². The largest absolute Gasteiger partial charge is 0.481 e. The van der Waals surface area contributed by atoms with Gasteiger partial charge in [-0.05, 0) is 38.2 Å². The Morgan fingerprint density at radius 2 is 1.81 bits per heavy atom. The fourth-order valence-corrected chi connectivity index (χ4v) is 3.55. The summed E-state index contributed by atoms with van der Waals surface area (Å²) >= 11 is 0. The van der Waals surface area contributed by atoms with Crippen LogP contribution in [0.5, 0.6) is 0 Å². The number of carboxylic acids is 1. The molecule has 1 aromatic rings. The highest BCUT2D eigenvalue weighted by Crippen LogP contribution is 2.30. The summed E-state index contributed by atoms with van der Waals surface area (Å²) in [7, 11) is 0. The van der Waals surface area contributed by atoms with Crippen LogP contribution in [0.1, 0.15) is 51.0 Å². The van der Waals surface area contributed by atoms with Crippen molar-refractivity contribution < 1.29 is 19.5 Å². The number of hydrogen-bond donors (Lipinski definition) is 4. The van der Waals surface area contributed by atoms with Crippen molar-refractivity contribution in [2.45, 2.75) is 63.5 Å². The molecule has 1 unspecified atom stereocenters. The Bertz CT molecular complexity index is 642. The SMILES string of the molecule is CCNC(=O)NC1(C(=O)NC(CCC(=O)O)Cc2ccccc2)CCCC1. The first-order valence-electron chi connectivity index (χ1n) is 9.58. The maximum Gasteiger partial charge on any atom is 0.315 e. The van der Waals surface area contributed by atoms with E-state index in [0.29, 0.717) is 32.2 Å². The lowest BCUT2D eigenvalue weighted by Crippen LogP contribution is -2.60. The quantitative estimate of drug-likeness (QED) is 0.531. The molecule has 27 heavy (non-hydrogen) atoms. The number of urea groups is 1. The zero-order valence-electron chi connectivity index (χ0n) is 15.8. The number of aliphatic carboxylic acids is 1. The molecule has 1 aliphatic carbocycles. The Labute approximate surface area is 159 Å². The molecule has 1 aliphatic rings. The summed E-state index contributed by atoms with van der Waals surface area (Å²) in [6, 6.07) is 9.01. The van der Waals surface area contributed by atoms with Crippen LogP contribution < -0.4 is 16.0 Å². The van der Waals surface area contributed by atoms with Gasteiger partial charge in [0, 0.05) is 19.0 Å². The molecule has 0 saturated heterocycles. The van der Waals surface area contributed by atoms with Crippen LogP contribution in [-0.2, 0) is 16.0 Å². The average molecular weight is 375 g/mol. The van der Waals surface area contributed by atoms with Gasteiger partial charge in [-0.3, -0.25) is 9.59 Å². The molecule has 1 aromatic carbocycles. The molecule has 7 nitrogen and oxygen atoms in total. The van der Waals surface area contributed by atoms with Crippen LogP contribution in [0.25, 0.3) is 0 Å². The van der Waals surface area contributed by atoms with E-state index in [0.717, 1.165) is 18.4 Å². The predicted octanol–water partition coefficient (Wildman–Crippen LogP) is 2.21. The lowest BCUT2D eigenvalue weighted by Gasteiger charge is -2.31. The molecule has 2 rings (SSSR count). The molecule has 0 aliphatic heterocycles. The molecule has 1 saturated carbocycles. The molecule has 4 N–H and O–H groups in total. The third kappa shape index (κ3) is 6.27. The van der Waals surface area contributed by atoms with Crippen LogP contribution in [-0.4, -0.2) is 41.1 Å². The number of rotatable bonds is 9. The minimum absolute atomic E-state index is 0.0193. The first-order valence-corrected chi connectivity index (χ1v) is 9.58. The van der Waals surface area contributed by atoms with Gasteiger partial charge in [-0.2, -0.15) is 0 Å². The number of nitrogens with one attached hydrogen (secondary N) is 3. The van der Waals surface area contributed by atoms with E-state index in [1.54, 1.807) is 0 Å². The van der Waals surface area contributed by atoms with Gasteiger partial charge >= 0.3 is 12.0 Å². The van der Waals surface area contributed by atoms with Gasteiger partial charge < -0.3 is 21.1 Å². The maximum absolute atomic E-state index is 13.1. The number of benzene rings is 1. The number of carboxylic acid groups (broad SMARTS) is 1. The highest BCUT2D eigenvalue weighted by Gasteiger charge is 2.43. The monoisotopic (exact) mass is 375 g/mol. The van der Waals surface area contributed by atoms with Gasteiger partial charge in [0.15, 0.2) is 0 Å². The second-order valence-electron chi connectivity index (χ2n) is 7.07. The van der Waals surface area contributed by atoms with Crippen LogP contribution in [0.2, 0.25) is 0 Å². The van der Waals surface area contributed by atoms with Gasteiger partial charge in [-0.25, -0.2) is 4.79 Å². The number of carbonyl (C=O) groups excluding carboxylic acids is 2. The molecule has 1 atom stereocenters. The molecule has 0 heterocycles. The van der Waals surface area contributed by atoms with Crippen molar-refractivity contribution in [2.75, 3.05) is 6.54 Å². The van der Waals surface area contributed by atoms with E-state index in [4.69, 9.17) is 5.11 Å². The highest BCUT2D eigenvalue weighted by atomic mass is 16.4. The minimum atomic E-state index is -0.919. The molecule has 0 radical (unpaired) electrons. The summed E-state index contributed by atoms with van der Waals surface area (Å²) in [4.78, 5) is 36.1. The Kier molecular flexibility index (Phi) is 7.64. The van der Waals surface area contributed by atoms with Crippen molar-refractivity contribution >= 4 is 17.9 Å².